The van der Waals surface area contributed by atoms with Crippen molar-refractivity contribution in [2.75, 3.05) is 18.4 Å². The van der Waals surface area contributed by atoms with Gasteiger partial charge in [0.15, 0.2) is 11.5 Å². The summed E-state index contributed by atoms with van der Waals surface area (Å²) >= 11 is 7.57. The predicted molar refractivity (Wildman–Crippen MR) is 101 cm³/mol. The third-order valence-electron chi connectivity index (χ3n) is 4.20. The van der Waals surface area contributed by atoms with E-state index in [9.17, 15) is 4.79 Å². The molecule has 6 nitrogen and oxygen atoms in total. The molecule has 0 aliphatic carbocycles. The summed E-state index contributed by atoms with van der Waals surface area (Å²) in [5, 5.41) is 16.5. The molecule has 25 heavy (non-hydrogen) atoms. The van der Waals surface area contributed by atoms with Crippen LogP contribution in [0.4, 0.5) is 5.82 Å². The molecule has 0 saturated carbocycles. The first kappa shape index (κ1) is 16.3. The second kappa shape index (κ2) is 6.59. The summed E-state index contributed by atoms with van der Waals surface area (Å²) in [6, 6.07) is 9.91. The van der Waals surface area contributed by atoms with Gasteiger partial charge in [0.05, 0.1) is 4.70 Å². The molecule has 1 aliphatic rings. The molecule has 8 heteroatoms. The van der Waals surface area contributed by atoms with Crippen molar-refractivity contribution in [3.05, 3.63) is 41.0 Å². The lowest BCUT2D eigenvalue weighted by molar-refractivity contribution is 0.0996. The highest BCUT2D eigenvalue weighted by atomic mass is 35.5. The van der Waals surface area contributed by atoms with Gasteiger partial charge in [-0.2, -0.15) is 0 Å². The highest BCUT2D eigenvalue weighted by Crippen LogP contribution is 2.38. The number of nitrogens with one attached hydrogen (secondary N) is 2. The molecule has 1 amide bonds. The molecule has 0 unspecified atom stereocenters. The lowest BCUT2D eigenvalue weighted by Gasteiger charge is -2.12. The Bertz CT molecular complexity index is 951. The van der Waals surface area contributed by atoms with Crippen LogP contribution in [0.5, 0.6) is 0 Å². The Hall–Kier alpha value is -2.22. The largest absolute Gasteiger partial charge is 0.364 e. The highest BCUT2D eigenvalue weighted by Gasteiger charge is 2.21. The number of benzene rings is 1. The Morgan fingerprint density at radius 2 is 2.24 bits per heavy atom. The Morgan fingerprint density at radius 3 is 2.96 bits per heavy atom. The third-order valence-corrected chi connectivity index (χ3v) is 5.62. The van der Waals surface area contributed by atoms with Gasteiger partial charge in [0.25, 0.3) is 5.91 Å². The minimum Gasteiger partial charge on any atom is -0.364 e. The third kappa shape index (κ3) is 3.18. The molecule has 3 heterocycles. The minimum atomic E-state index is -0.578. The summed E-state index contributed by atoms with van der Waals surface area (Å²) in [7, 11) is 0. The molecule has 2 aromatic heterocycles. The van der Waals surface area contributed by atoms with Crippen LogP contribution in [0.3, 0.4) is 0 Å². The average Bonchev–Trinajstić information content (AvgIpc) is 3.24. The van der Waals surface area contributed by atoms with E-state index in [1.54, 1.807) is 0 Å². The first-order valence-electron chi connectivity index (χ1n) is 7.95. The minimum absolute atomic E-state index is 0.198. The van der Waals surface area contributed by atoms with Gasteiger partial charge in [0.2, 0.25) is 0 Å². The van der Waals surface area contributed by atoms with E-state index in [2.05, 4.69) is 20.8 Å². The molecular weight excluding hydrogens is 358 g/mol. The second-order valence-corrected chi connectivity index (χ2v) is 7.45. The van der Waals surface area contributed by atoms with E-state index in [1.807, 2.05) is 30.3 Å². The average molecular weight is 374 g/mol. The van der Waals surface area contributed by atoms with E-state index >= 15 is 0 Å². The highest BCUT2D eigenvalue weighted by molar-refractivity contribution is 7.22. The monoisotopic (exact) mass is 373 g/mol. The van der Waals surface area contributed by atoms with Crippen molar-refractivity contribution < 1.29 is 4.79 Å². The van der Waals surface area contributed by atoms with Crippen LogP contribution >= 0.6 is 22.9 Å². The van der Waals surface area contributed by atoms with Crippen LogP contribution < -0.4 is 16.4 Å². The Kier molecular flexibility index (Phi) is 4.29. The van der Waals surface area contributed by atoms with E-state index in [0.29, 0.717) is 16.9 Å². The Balaban J connectivity index is 1.84. The number of nitrogens with two attached hydrogens (primary N) is 1. The number of carbonyl (C=O) groups is 1. The summed E-state index contributed by atoms with van der Waals surface area (Å²) in [6.07, 6.45) is 1.02. The Labute approximate surface area is 153 Å². The van der Waals surface area contributed by atoms with Crippen molar-refractivity contribution in [2.45, 2.75) is 12.5 Å². The zero-order valence-corrected chi connectivity index (χ0v) is 14.8. The molecule has 1 saturated heterocycles. The van der Waals surface area contributed by atoms with Gasteiger partial charge in [-0.25, -0.2) is 0 Å². The van der Waals surface area contributed by atoms with E-state index in [-0.39, 0.29) is 5.69 Å². The number of nitrogens with zero attached hydrogens (tertiary/aromatic N) is 2. The van der Waals surface area contributed by atoms with Crippen molar-refractivity contribution in [1.82, 2.24) is 15.5 Å². The SMILES string of the molecule is NC(=O)c1nnc(N[C@@H]2CCNC2)c2cc(-c3cccc(Cl)c3)sc12. The number of anilines is 1. The van der Waals surface area contributed by atoms with Gasteiger partial charge in [0, 0.05) is 27.9 Å². The number of rotatable bonds is 4. The molecule has 0 spiro atoms. The summed E-state index contributed by atoms with van der Waals surface area (Å²) < 4.78 is 0.742. The molecule has 0 bridgehead atoms. The number of hydrogen-bond donors (Lipinski definition) is 3. The molecule has 0 radical (unpaired) electrons. The predicted octanol–water partition coefficient (Wildman–Crippen LogP) is 2.88. The number of fused-ring (bicyclic) bond motifs is 1. The topological polar surface area (TPSA) is 92.9 Å². The fourth-order valence-electron chi connectivity index (χ4n) is 2.97. The van der Waals surface area contributed by atoms with Gasteiger partial charge in [0.1, 0.15) is 0 Å². The summed E-state index contributed by atoms with van der Waals surface area (Å²) in [6.45, 7) is 1.86. The number of hydrogen-bond acceptors (Lipinski definition) is 6. The van der Waals surface area contributed by atoms with Gasteiger partial charge >= 0.3 is 0 Å². The first-order chi connectivity index (χ1) is 12.1. The van der Waals surface area contributed by atoms with Crippen LogP contribution in [0, 0.1) is 0 Å². The molecular formula is C17H16ClN5OS. The molecule has 4 rings (SSSR count). The summed E-state index contributed by atoms with van der Waals surface area (Å²) in [5.41, 5.74) is 6.66. The fourth-order valence-corrected chi connectivity index (χ4v) is 4.30. The van der Waals surface area contributed by atoms with E-state index in [4.69, 9.17) is 17.3 Å². The zero-order valence-electron chi connectivity index (χ0n) is 13.3. The summed E-state index contributed by atoms with van der Waals surface area (Å²) in [5.74, 6) is 0.101. The molecule has 3 aromatic rings. The van der Waals surface area contributed by atoms with Crippen LogP contribution in [-0.4, -0.2) is 35.2 Å². The first-order valence-corrected chi connectivity index (χ1v) is 9.14. The molecule has 1 aromatic carbocycles. The van der Waals surface area contributed by atoms with E-state index in [1.165, 1.54) is 11.3 Å². The number of halogens is 1. The van der Waals surface area contributed by atoms with Crippen LogP contribution in [0.15, 0.2) is 30.3 Å². The number of carbonyl (C=O) groups excluding carboxylic acids is 1. The molecule has 1 atom stereocenters. The number of amides is 1. The van der Waals surface area contributed by atoms with Gasteiger partial charge in [-0.1, -0.05) is 23.7 Å². The summed E-state index contributed by atoms with van der Waals surface area (Å²) in [4.78, 5) is 12.7. The smallest absolute Gasteiger partial charge is 0.270 e. The number of aromatic nitrogens is 2. The van der Waals surface area contributed by atoms with Crippen molar-refractivity contribution in [1.29, 1.82) is 0 Å². The maximum Gasteiger partial charge on any atom is 0.270 e. The van der Waals surface area contributed by atoms with Gasteiger partial charge in [-0.05, 0) is 36.7 Å². The maximum atomic E-state index is 11.7. The van der Waals surface area contributed by atoms with E-state index in [0.717, 1.165) is 40.0 Å². The molecule has 128 valence electrons. The van der Waals surface area contributed by atoms with Crippen LogP contribution in [0.1, 0.15) is 16.9 Å². The van der Waals surface area contributed by atoms with Crippen LogP contribution in [-0.2, 0) is 0 Å². The van der Waals surface area contributed by atoms with Crippen molar-refractivity contribution in [3.63, 3.8) is 0 Å². The van der Waals surface area contributed by atoms with Crippen molar-refractivity contribution in [3.8, 4) is 10.4 Å². The standard InChI is InChI=1S/C17H16ClN5OS/c18-10-3-1-2-9(6-10)13-7-12-15(25-13)14(16(19)24)22-23-17(12)21-11-4-5-20-8-11/h1-3,6-7,11,20H,4-5,8H2,(H2,19,24)(H,21,23)/t11-/m1/s1. The normalized spacial score (nSPS) is 17.1. The Morgan fingerprint density at radius 1 is 1.36 bits per heavy atom. The maximum absolute atomic E-state index is 11.7. The number of thiophene rings is 1. The molecule has 4 N–H and O–H groups in total. The van der Waals surface area contributed by atoms with Crippen LogP contribution in [0.2, 0.25) is 5.02 Å². The van der Waals surface area contributed by atoms with Gasteiger partial charge in [-0.3, -0.25) is 4.79 Å². The second-order valence-electron chi connectivity index (χ2n) is 5.96. The van der Waals surface area contributed by atoms with Crippen LogP contribution in [0.25, 0.3) is 20.5 Å². The zero-order chi connectivity index (χ0) is 17.4. The van der Waals surface area contributed by atoms with Crippen molar-refractivity contribution >= 4 is 44.7 Å². The fraction of sp³-hybridized carbons (Fsp3) is 0.235. The lowest BCUT2D eigenvalue weighted by atomic mass is 10.1. The van der Waals surface area contributed by atoms with Crippen molar-refractivity contribution in [2.24, 2.45) is 5.73 Å². The quantitative estimate of drug-likeness (QED) is 0.653. The van der Waals surface area contributed by atoms with E-state index < -0.39 is 5.91 Å². The number of primary amides is 1. The van der Waals surface area contributed by atoms with Gasteiger partial charge in [-0.15, -0.1) is 21.5 Å². The molecule has 1 fully saturated rings. The molecule has 1 aliphatic heterocycles. The lowest BCUT2D eigenvalue weighted by Crippen LogP contribution is -2.23. The van der Waals surface area contributed by atoms with Gasteiger partial charge < -0.3 is 16.4 Å².